The first-order valence-corrected chi connectivity index (χ1v) is 8.49. The maximum Gasteiger partial charge on any atom is 0.137 e. The molecule has 0 amide bonds. The molecule has 122 valence electrons. The molecule has 0 aromatic heterocycles. The van der Waals surface area contributed by atoms with E-state index in [0.717, 1.165) is 17.1 Å². The smallest absolute Gasteiger partial charge is 0.137 e. The van der Waals surface area contributed by atoms with E-state index in [0.29, 0.717) is 0 Å². The molecule has 2 nitrogen and oxygen atoms in total. The number of fused-ring (bicyclic) bond motifs is 1. The number of rotatable bonds is 2. The van der Waals surface area contributed by atoms with E-state index in [9.17, 15) is 0 Å². The average Bonchev–Trinajstić information content (AvgIpc) is 2.69. The van der Waals surface area contributed by atoms with Crippen LogP contribution in [0.4, 0.5) is 5.69 Å². The van der Waals surface area contributed by atoms with E-state index in [1.54, 1.807) is 0 Å². The second-order valence-corrected chi connectivity index (χ2v) is 6.22. The van der Waals surface area contributed by atoms with Gasteiger partial charge in [0.2, 0.25) is 0 Å². The Morgan fingerprint density at radius 2 is 1.36 bits per heavy atom. The zero-order chi connectivity index (χ0) is 17.2. The van der Waals surface area contributed by atoms with E-state index >= 15 is 0 Å². The first-order valence-electron chi connectivity index (χ1n) is 8.49. The summed E-state index contributed by atoms with van der Waals surface area (Å²) in [4.78, 5) is 7.26. The zero-order valence-electron chi connectivity index (χ0n) is 14.5. The van der Waals surface area contributed by atoms with Crippen molar-refractivity contribution in [3.8, 4) is 0 Å². The molecular formula is C23H20N2. The predicted molar refractivity (Wildman–Crippen MR) is 106 cm³/mol. The Kier molecular flexibility index (Phi) is 3.95. The van der Waals surface area contributed by atoms with E-state index < -0.39 is 0 Å². The molecule has 0 saturated heterocycles. The van der Waals surface area contributed by atoms with E-state index in [-0.39, 0.29) is 0 Å². The lowest BCUT2D eigenvalue weighted by molar-refractivity contribution is 1.04. The molecule has 1 aliphatic heterocycles. The standard InChI is InChI=1S/C23H20N2/c1-17(18-11-5-3-6-12-18)23-24-22(19-13-7-4-8-14-19)20-15-9-10-16-21(20)25(23)2/h3-16H,1-2H3/b23-17-. The van der Waals surface area contributed by atoms with Crippen molar-refractivity contribution in [2.24, 2.45) is 4.99 Å². The second-order valence-electron chi connectivity index (χ2n) is 6.22. The van der Waals surface area contributed by atoms with Gasteiger partial charge >= 0.3 is 0 Å². The van der Waals surface area contributed by atoms with Crippen LogP contribution < -0.4 is 4.90 Å². The lowest BCUT2D eigenvalue weighted by Crippen LogP contribution is -2.25. The molecule has 0 N–H and O–H groups in total. The third-order valence-corrected chi connectivity index (χ3v) is 4.65. The molecule has 0 spiro atoms. The summed E-state index contributed by atoms with van der Waals surface area (Å²) in [6.45, 7) is 2.14. The fourth-order valence-electron chi connectivity index (χ4n) is 3.29. The Hall–Kier alpha value is -3.13. The van der Waals surface area contributed by atoms with Crippen LogP contribution in [0.2, 0.25) is 0 Å². The highest BCUT2D eigenvalue weighted by Crippen LogP contribution is 2.34. The van der Waals surface area contributed by atoms with E-state index in [2.05, 4.69) is 91.7 Å². The van der Waals surface area contributed by atoms with Gasteiger partial charge < -0.3 is 4.90 Å². The number of hydrogen-bond donors (Lipinski definition) is 0. The van der Waals surface area contributed by atoms with Crippen molar-refractivity contribution in [3.63, 3.8) is 0 Å². The predicted octanol–water partition coefficient (Wildman–Crippen LogP) is 5.36. The summed E-state index contributed by atoms with van der Waals surface area (Å²) >= 11 is 0. The van der Waals surface area contributed by atoms with Gasteiger partial charge in [-0.2, -0.15) is 0 Å². The van der Waals surface area contributed by atoms with Crippen LogP contribution in [-0.4, -0.2) is 12.8 Å². The van der Waals surface area contributed by atoms with Crippen LogP contribution in [-0.2, 0) is 0 Å². The van der Waals surface area contributed by atoms with Gasteiger partial charge in [-0.1, -0.05) is 78.9 Å². The zero-order valence-corrected chi connectivity index (χ0v) is 14.5. The Balaban J connectivity index is 1.95. The molecule has 0 fully saturated rings. The third kappa shape index (κ3) is 2.76. The number of benzene rings is 3. The molecule has 1 heterocycles. The minimum absolute atomic E-state index is 0.990. The maximum atomic E-state index is 5.07. The monoisotopic (exact) mass is 324 g/mol. The van der Waals surface area contributed by atoms with Crippen LogP contribution in [0.3, 0.4) is 0 Å². The quantitative estimate of drug-likeness (QED) is 0.619. The summed E-state index contributed by atoms with van der Waals surface area (Å²) in [5.41, 5.74) is 6.88. The number of allylic oxidation sites excluding steroid dienone is 1. The summed E-state index contributed by atoms with van der Waals surface area (Å²) < 4.78 is 0. The number of para-hydroxylation sites is 1. The van der Waals surface area contributed by atoms with Gasteiger partial charge in [0.05, 0.1) is 11.4 Å². The molecule has 1 aliphatic rings. The van der Waals surface area contributed by atoms with Crippen molar-refractivity contribution in [3.05, 3.63) is 107 Å². The Morgan fingerprint density at radius 3 is 2.08 bits per heavy atom. The van der Waals surface area contributed by atoms with Gasteiger partial charge in [-0.05, 0) is 24.1 Å². The van der Waals surface area contributed by atoms with Crippen LogP contribution in [0.5, 0.6) is 0 Å². The normalized spacial score (nSPS) is 15.4. The molecule has 3 aromatic carbocycles. The first-order chi connectivity index (χ1) is 12.3. The summed E-state index contributed by atoms with van der Waals surface area (Å²) in [5, 5.41) is 0. The summed E-state index contributed by atoms with van der Waals surface area (Å²) in [5.74, 6) is 0.990. The number of nitrogens with zero attached hydrogens (tertiary/aromatic N) is 2. The topological polar surface area (TPSA) is 15.6 Å². The Morgan fingerprint density at radius 1 is 0.760 bits per heavy atom. The van der Waals surface area contributed by atoms with Crippen molar-refractivity contribution >= 4 is 17.0 Å². The van der Waals surface area contributed by atoms with Crippen molar-refractivity contribution < 1.29 is 0 Å². The first kappa shape index (κ1) is 15.4. The molecule has 3 aromatic rings. The summed E-state index contributed by atoms with van der Waals surface area (Å²) in [7, 11) is 2.09. The highest BCUT2D eigenvalue weighted by Gasteiger charge is 2.23. The van der Waals surface area contributed by atoms with E-state index in [1.165, 1.54) is 22.4 Å². The number of anilines is 1. The fraction of sp³-hybridized carbons (Fsp3) is 0.0870. The largest absolute Gasteiger partial charge is 0.329 e. The van der Waals surface area contributed by atoms with E-state index in [4.69, 9.17) is 4.99 Å². The molecule has 0 bridgehead atoms. The fourth-order valence-corrected chi connectivity index (χ4v) is 3.29. The van der Waals surface area contributed by atoms with Gasteiger partial charge in [0.15, 0.2) is 0 Å². The van der Waals surface area contributed by atoms with Gasteiger partial charge in [-0.3, -0.25) is 0 Å². The minimum Gasteiger partial charge on any atom is -0.329 e. The van der Waals surface area contributed by atoms with Crippen molar-refractivity contribution in [2.45, 2.75) is 6.92 Å². The van der Waals surface area contributed by atoms with E-state index in [1.807, 2.05) is 12.1 Å². The van der Waals surface area contributed by atoms with Crippen molar-refractivity contribution in [1.82, 2.24) is 0 Å². The van der Waals surface area contributed by atoms with Crippen LogP contribution in [0, 0.1) is 0 Å². The number of hydrogen-bond acceptors (Lipinski definition) is 2. The lowest BCUT2D eigenvalue weighted by atomic mass is 9.97. The molecule has 0 unspecified atom stereocenters. The average molecular weight is 324 g/mol. The third-order valence-electron chi connectivity index (χ3n) is 4.65. The van der Waals surface area contributed by atoms with Crippen molar-refractivity contribution in [2.75, 3.05) is 11.9 Å². The molecule has 2 heteroatoms. The maximum absolute atomic E-state index is 5.07. The highest BCUT2D eigenvalue weighted by molar-refractivity contribution is 6.18. The van der Waals surface area contributed by atoms with Gasteiger partial charge in [-0.15, -0.1) is 0 Å². The molecule has 4 rings (SSSR count). The molecule has 25 heavy (non-hydrogen) atoms. The van der Waals surface area contributed by atoms with Crippen molar-refractivity contribution in [1.29, 1.82) is 0 Å². The molecule has 0 radical (unpaired) electrons. The van der Waals surface area contributed by atoms with Crippen LogP contribution in [0.1, 0.15) is 23.6 Å². The summed E-state index contributed by atoms with van der Waals surface area (Å²) in [6, 6.07) is 29.3. The number of aliphatic imine (C=N–C) groups is 1. The van der Waals surface area contributed by atoms with Gasteiger partial charge in [0.25, 0.3) is 0 Å². The van der Waals surface area contributed by atoms with Crippen LogP contribution in [0.25, 0.3) is 5.57 Å². The van der Waals surface area contributed by atoms with Gasteiger partial charge in [0, 0.05) is 18.2 Å². The lowest BCUT2D eigenvalue weighted by Gasteiger charge is -2.30. The molecule has 0 aliphatic carbocycles. The molecule has 0 saturated carbocycles. The van der Waals surface area contributed by atoms with Gasteiger partial charge in [-0.25, -0.2) is 4.99 Å². The van der Waals surface area contributed by atoms with Crippen LogP contribution in [0.15, 0.2) is 95.7 Å². The SMILES string of the molecule is C/C(=C1\N=C(c2ccccc2)c2ccccc2N1C)c1ccccc1. The summed E-state index contributed by atoms with van der Waals surface area (Å²) in [6.07, 6.45) is 0. The Labute approximate surface area is 148 Å². The molecular weight excluding hydrogens is 304 g/mol. The second kappa shape index (κ2) is 6.40. The highest BCUT2D eigenvalue weighted by atomic mass is 15.2. The molecule has 0 atom stereocenters. The Bertz CT molecular complexity index is 954. The van der Waals surface area contributed by atoms with Crippen LogP contribution >= 0.6 is 0 Å². The van der Waals surface area contributed by atoms with Gasteiger partial charge in [0.1, 0.15) is 5.82 Å². The minimum atomic E-state index is 0.990.